The van der Waals surface area contributed by atoms with E-state index in [1.165, 1.54) is 39.2 Å². The average molecular weight is 779 g/mol. The zero-order valence-electron chi connectivity index (χ0n) is 32.7. The fraction of sp³-hybridized carbons (Fsp3) is 0.550. The number of methoxy groups -OCH3 is 3. The minimum Gasteiger partial charge on any atom is -0.468 e. The van der Waals surface area contributed by atoms with Crippen molar-refractivity contribution in [2.45, 2.75) is 100 Å². The third-order valence-corrected chi connectivity index (χ3v) is 9.30. The maximum absolute atomic E-state index is 12.3. The molecule has 0 spiro atoms. The van der Waals surface area contributed by atoms with Crippen LogP contribution in [0.5, 0.6) is 0 Å². The molecule has 1 saturated heterocycles. The van der Waals surface area contributed by atoms with Crippen LogP contribution in [0.15, 0.2) is 72.8 Å². The van der Waals surface area contributed by atoms with E-state index in [2.05, 4.69) is 89.3 Å². The minimum atomic E-state index is -1.04. The third-order valence-electron chi connectivity index (χ3n) is 8.03. The number of hydrogen-bond acceptors (Lipinski definition) is 13. The number of nitrogens with one attached hydrogen (secondary N) is 1. The molecule has 13 nitrogen and oxygen atoms in total. The highest BCUT2D eigenvalue weighted by Gasteiger charge is 2.51. The number of carbonyl (C=O) groups is 4. The topological polar surface area (TPSA) is 182 Å². The van der Waals surface area contributed by atoms with Crippen molar-refractivity contribution < 1.29 is 42.9 Å². The van der Waals surface area contributed by atoms with Gasteiger partial charge in [0.2, 0.25) is 0 Å². The number of benzene rings is 2. The molecule has 0 saturated carbocycles. The van der Waals surface area contributed by atoms with Crippen molar-refractivity contribution in [2.24, 2.45) is 17.1 Å². The molecule has 0 amide bonds. The molecule has 4 unspecified atom stereocenters. The van der Waals surface area contributed by atoms with Crippen molar-refractivity contribution in [2.75, 3.05) is 40.6 Å². The maximum Gasteiger partial charge on any atom is 0.336 e. The number of rotatable bonds is 14. The summed E-state index contributed by atoms with van der Waals surface area (Å²) in [4.78, 5) is 47.0. The molecular weight excluding hydrogens is 709 g/mol. The third kappa shape index (κ3) is 21.1. The van der Waals surface area contributed by atoms with E-state index in [1.54, 1.807) is 21.0 Å². The highest BCUT2D eigenvalue weighted by atomic mass is 28.3. The van der Waals surface area contributed by atoms with Gasteiger partial charge < -0.3 is 23.7 Å². The summed E-state index contributed by atoms with van der Waals surface area (Å²) in [5.41, 5.74) is 1.86. The Kier molecular flexibility index (Phi) is 28.7. The Morgan fingerprint density at radius 2 is 1.35 bits per heavy atom. The quantitative estimate of drug-likeness (QED) is 0.0421. The van der Waals surface area contributed by atoms with E-state index in [-0.39, 0.29) is 38.6 Å². The number of nitrogens with two attached hydrogens (primary N) is 2. The van der Waals surface area contributed by atoms with E-state index in [0.29, 0.717) is 13.0 Å². The summed E-state index contributed by atoms with van der Waals surface area (Å²) >= 11 is 0. The molecule has 0 aliphatic carbocycles. The Hall–Kier alpha value is -3.92. The van der Waals surface area contributed by atoms with Gasteiger partial charge in [0.1, 0.15) is 23.9 Å². The molecule has 54 heavy (non-hydrogen) atoms. The molecule has 0 aromatic heterocycles. The van der Waals surface area contributed by atoms with Crippen LogP contribution < -0.4 is 17.0 Å². The van der Waals surface area contributed by atoms with Crippen LogP contribution in [-0.4, -0.2) is 95.9 Å². The number of ether oxygens (including phenoxy) is 5. The lowest BCUT2D eigenvalue weighted by Crippen LogP contribution is -2.46. The standard InChI is InChI=1S/C17H23NO4.C13H23NOSi.C8H12O4.2CH4.H4N2/c1-13(22-14(2)19)17(16(20)21-3)9-10-18(12-17)11-15-7-5-4-6-8-15;1-15-13(14-11-16(2,3)4)10-12-8-6-5-7-9-12;1-5(8(10)11-4)6(2)12-7(3)9;;;1-2/h4-8,13H,9-12H2,1-3H3;5-9,13-14H,10-11H2,1-4H3;6H,1H2,2-4H3;2*1H4;1-2H2. The lowest BCUT2D eigenvalue weighted by molar-refractivity contribution is -0.168. The van der Waals surface area contributed by atoms with Crippen molar-refractivity contribution >= 4 is 32.0 Å². The Morgan fingerprint density at radius 3 is 1.78 bits per heavy atom. The molecular formula is C40H70N4O9Si. The molecule has 4 atom stereocenters. The van der Waals surface area contributed by atoms with Gasteiger partial charge in [-0.15, -0.1) is 0 Å². The number of nitrogens with zero attached hydrogens (tertiary/aromatic N) is 1. The van der Waals surface area contributed by atoms with Gasteiger partial charge in [0.25, 0.3) is 0 Å². The van der Waals surface area contributed by atoms with E-state index in [0.717, 1.165) is 25.7 Å². The predicted octanol–water partition coefficient (Wildman–Crippen LogP) is 5.43. The van der Waals surface area contributed by atoms with Gasteiger partial charge in [-0.05, 0) is 44.1 Å². The van der Waals surface area contributed by atoms with E-state index in [1.807, 2.05) is 24.3 Å². The molecule has 0 bridgehead atoms. The molecule has 5 N–H and O–H groups in total. The molecule has 1 aliphatic heterocycles. The summed E-state index contributed by atoms with van der Waals surface area (Å²) < 4.78 is 24.8. The number of hydrogen-bond donors (Lipinski definition) is 3. The number of esters is 4. The molecule has 1 fully saturated rings. The second-order valence-corrected chi connectivity index (χ2v) is 18.9. The first-order chi connectivity index (χ1) is 24.5. The van der Waals surface area contributed by atoms with Crippen LogP contribution in [0.4, 0.5) is 0 Å². The Morgan fingerprint density at radius 1 is 0.852 bits per heavy atom. The van der Waals surface area contributed by atoms with E-state index in [4.69, 9.17) is 18.9 Å². The predicted molar refractivity (Wildman–Crippen MR) is 219 cm³/mol. The van der Waals surface area contributed by atoms with Gasteiger partial charge in [-0.1, -0.05) is 102 Å². The summed E-state index contributed by atoms with van der Waals surface area (Å²) in [5, 5.41) is 3.50. The fourth-order valence-electron chi connectivity index (χ4n) is 5.22. The second kappa shape index (κ2) is 28.5. The van der Waals surface area contributed by atoms with Gasteiger partial charge in [0.05, 0.1) is 27.9 Å². The van der Waals surface area contributed by atoms with E-state index < -0.39 is 37.6 Å². The van der Waals surface area contributed by atoms with Crippen LogP contribution in [0.3, 0.4) is 0 Å². The van der Waals surface area contributed by atoms with Gasteiger partial charge in [0, 0.05) is 40.5 Å². The first-order valence-electron chi connectivity index (χ1n) is 17.1. The summed E-state index contributed by atoms with van der Waals surface area (Å²) in [7, 11) is 3.35. The van der Waals surface area contributed by atoms with Gasteiger partial charge in [-0.2, -0.15) is 0 Å². The second-order valence-electron chi connectivity index (χ2n) is 13.5. The van der Waals surface area contributed by atoms with Crippen molar-refractivity contribution in [3.63, 3.8) is 0 Å². The highest BCUT2D eigenvalue weighted by molar-refractivity contribution is 6.76. The fourth-order valence-corrected chi connectivity index (χ4v) is 6.06. The van der Waals surface area contributed by atoms with E-state index in [9.17, 15) is 19.2 Å². The average Bonchev–Trinajstić information content (AvgIpc) is 3.55. The molecule has 14 heteroatoms. The van der Waals surface area contributed by atoms with E-state index >= 15 is 0 Å². The van der Waals surface area contributed by atoms with Crippen LogP contribution >= 0.6 is 0 Å². The SMILES string of the molecule is C.C.C=C(C(=O)OC)C(C)OC(C)=O.COC(=O)C1(C(C)OC(C)=O)CCN(Cc2ccccc2)C1.COC(Cc1ccccc1)NC[Si](C)(C)C.NN. The van der Waals surface area contributed by atoms with Crippen molar-refractivity contribution in [1.29, 1.82) is 0 Å². The monoisotopic (exact) mass is 778 g/mol. The first kappa shape index (κ1) is 54.4. The van der Waals surface area contributed by atoms with Crippen molar-refractivity contribution in [1.82, 2.24) is 10.2 Å². The largest absolute Gasteiger partial charge is 0.468 e. The molecule has 1 heterocycles. The van der Waals surface area contributed by atoms with Crippen LogP contribution in [0.1, 0.15) is 60.1 Å². The molecule has 308 valence electrons. The van der Waals surface area contributed by atoms with Crippen molar-refractivity contribution in [3.8, 4) is 0 Å². The summed E-state index contributed by atoms with van der Waals surface area (Å²) in [6.07, 6.45) is 1.66. The maximum atomic E-state index is 12.3. The molecule has 3 rings (SSSR count). The van der Waals surface area contributed by atoms with Crippen LogP contribution in [0.2, 0.25) is 19.6 Å². The molecule has 1 aliphatic rings. The molecule has 2 aromatic rings. The van der Waals surface area contributed by atoms with Crippen LogP contribution in [0.25, 0.3) is 0 Å². The summed E-state index contributed by atoms with van der Waals surface area (Å²) in [6, 6.07) is 20.6. The van der Waals surface area contributed by atoms with Crippen LogP contribution in [-0.2, 0) is 55.8 Å². The summed E-state index contributed by atoms with van der Waals surface area (Å²) in [6.45, 7) is 18.5. The van der Waals surface area contributed by atoms with Crippen LogP contribution in [0, 0.1) is 5.41 Å². The normalized spacial score (nSPS) is 16.1. The Bertz CT molecular complexity index is 1360. The Balaban J connectivity index is -0.000000725. The van der Waals surface area contributed by atoms with Gasteiger partial charge >= 0.3 is 23.9 Å². The smallest absolute Gasteiger partial charge is 0.336 e. The highest BCUT2D eigenvalue weighted by Crippen LogP contribution is 2.37. The Labute approximate surface area is 326 Å². The van der Waals surface area contributed by atoms with Gasteiger partial charge in [-0.25, -0.2) is 4.79 Å². The number of hydrazine groups is 1. The zero-order chi connectivity index (χ0) is 39.9. The number of likely N-dealkylation sites (tertiary alicyclic amines) is 1. The number of carbonyl (C=O) groups excluding carboxylic acids is 4. The lowest BCUT2D eigenvalue weighted by atomic mass is 9.81. The molecule has 2 aromatic carbocycles. The minimum absolute atomic E-state index is 0. The molecule has 0 radical (unpaired) electrons. The van der Waals surface area contributed by atoms with Gasteiger partial charge in [0.15, 0.2) is 0 Å². The summed E-state index contributed by atoms with van der Waals surface area (Å²) in [5.74, 6) is 6.30. The van der Waals surface area contributed by atoms with Crippen molar-refractivity contribution in [3.05, 3.63) is 83.9 Å². The zero-order valence-corrected chi connectivity index (χ0v) is 33.7. The lowest BCUT2D eigenvalue weighted by Gasteiger charge is -2.32. The first-order valence-corrected chi connectivity index (χ1v) is 20.8. The van der Waals surface area contributed by atoms with Gasteiger partial charge in [-0.3, -0.25) is 36.3 Å².